The van der Waals surface area contributed by atoms with Gasteiger partial charge in [-0.05, 0) is 28.2 Å². The predicted octanol–water partition coefficient (Wildman–Crippen LogP) is 4.02. The molecule has 0 atom stereocenters. The van der Waals surface area contributed by atoms with Gasteiger partial charge in [0.15, 0.2) is 0 Å². The topological polar surface area (TPSA) is 68.5 Å². The molecule has 1 aromatic heterocycles. The molecule has 0 saturated heterocycles. The zero-order chi connectivity index (χ0) is 16.2. The summed E-state index contributed by atoms with van der Waals surface area (Å²) < 4.78 is 5.51. The second-order valence-electron chi connectivity index (χ2n) is 6.17. The highest BCUT2D eigenvalue weighted by Crippen LogP contribution is 2.34. The zero-order valence-corrected chi connectivity index (χ0v) is 14.7. The molecule has 118 valence electrons. The average molecular weight is 360 g/mol. The van der Waals surface area contributed by atoms with Gasteiger partial charge < -0.3 is 19.8 Å². The number of hydrogen-bond donors (Lipinski definition) is 0. The van der Waals surface area contributed by atoms with Crippen molar-refractivity contribution < 1.29 is 9.66 Å². The molecule has 0 aliphatic carbocycles. The molecule has 0 spiro atoms. The van der Waals surface area contributed by atoms with Crippen LogP contribution in [-0.4, -0.2) is 30.6 Å². The third-order valence-corrected chi connectivity index (χ3v) is 3.71. The van der Waals surface area contributed by atoms with Crippen LogP contribution >= 0.6 is 15.9 Å². The van der Waals surface area contributed by atoms with E-state index in [2.05, 4.69) is 41.7 Å². The van der Waals surface area contributed by atoms with Gasteiger partial charge in [0, 0.05) is 35.6 Å². The third-order valence-electron chi connectivity index (χ3n) is 3.13. The van der Waals surface area contributed by atoms with Crippen molar-refractivity contribution in [1.29, 1.82) is 0 Å². The molecule has 0 bridgehead atoms. The summed E-state index contributed by atoms with van der Waals surface area (Å²) in [6.45, 7) is 7.47. The molecule has 0 aliphatic rings. The Kier molecular flexibility index (Phi) is 5.95. The minimum Gasteiger partial charge on any atom is -0.489 e. The molecule has 21 heavy (non-hydrogen) atoms. The van der Waals surface area contributed by atoms with Crippen LogP contribution in [0.25, 0.3) is 0 Å². The lowest BCUT2D eigenvalue weighted by atomic mass is 9.90. The van der Waals surface area contributed by atoms with Gasteiger partial charge in [0.05, 0.1) is 7.11 Å². The first-order valence-electron chi connectivity index (χ1n) is 6.76. The van der Waals surface area contributed by atoms with Crippen molar-refractivity contribution in [3.8, 4) is 5.75 Å². The van der Waals surface area contributed by atoms with E-state index in [9.17, 15) is 10.1 Å². The van der Waals surface area contributed by atoms with Crippen LogP contribution in [0.3, 0.4) is 0 Å². The van der Waals surface area contributed by atoms with E-state index in [4.69, 9.17) is 4.74 Å². The van der Waals surface area contributed by atoms with E-state index in [1.807, 2.05) is 11.9 Å². The Balaban J connectivity index is 2.89. The molecular formula is C14H22BrN3O3. The second kappa shape index (κ2) is 7.06. The number of hydrogen-bond acceptors (Lipinski definition) is 5. The maximum absolute atomic E-state index is 10.9. The number of ether oxygens (including phenoxy) is 1. The molecule has 7 heteroatoms. The van der Waals surface area contributed by atoms with Gasteiger partial charge in [0.2, 0.25) is 10.4 Å². The molecule has 0 aliphatic heterocycles. The van der Waals surface area contributed by atoms with Crippen LogP contribution in [0.15, 0.2) is 10.7 Å². The first-order valence-corrected chi connectivity index (χ1v) is 7.55. The second-order valence-corrected chi connectivity index (χ2v) is 6.92. The molecule has 0 aromatic carbocycles. The highest BCUT2D eigenvalue weighted by Gasteiger charge is 2.23. The van der Waals surface area contributed by atoms with Gasteiger partial charge in [-0.3, -0.25) is 0 Å². The van der Waals surface area contributed by atoms with Gasteiger partial charge in [-0.15, -0.1) is 0 Å². The first kappa shape index (κ1) is 17.7. The number of nitro groups is 1. The van der Waals surface area contributed by atoms with E-state index in [0.717, 1.165) is 25.1 Å². The molecule has 0 radical (unpaired) electrons. The van der Waals surface area contributed by atoms with Crippen LogP contribution in [0.2, 0.25) is 0 Å². The first-order chi connectivity index (χ1) is 9.65. The van der Waals surface area contributed by atoms with Crippen molar-refractivity contribution in [1.82, 2.24) is 4.98 Å². The number of anilines is 1. The number of nitrogens with zero attached hydrogens (tertiary/aromatic N) is 3. The Hall–Kier alpha value is -1.37. The molecule has 6 nitrogen and oxygen atoms in total. The van der Waals surface area contributed by atoms with Crippen LogP contribution < -0.4 is 9.64 Å². The molecule has 1 heterocycles. The maximum Gasteiger partial charge on any atom is 0.407 e. The Morgan fingerprint density at radius 3 is 2.57 bits per heavy atom. The fraction of sp³-hybridized carbons (Fsp3) is 0.643. The van der Waals surface area contributed by atoms with Crippen LogP contribution in [-0.2, 0) is 0 Å². The number of halogens is 1. The SMILES string of the molecule is COc1cc(N(C)CCCC(C)(C)C)c(Br)nc1[N+](=O)[O-]. The summed E-state index contributed by atoms with van der Waals surface area (Å²) in [5.41, 5.74) is 1.08. The lowest BCUT2D eigenvalue weighted by Crippen LogP contribution is -2.21. The largest absolute Gasteiger partial charge is 0.489 e. The fourth-order valence-corrected chi connectivity index (χ4v) is 2.55. The van der Waals surface area contributed by atoms with E-state index in [0.29, 0.717) is 10.0 Å². The highest BCUT2D eigenvalue weighted by atomic mass is 79.9. The van der Waals surface area contributed by atoms with E-state index in [-0.39, 0.29) is 11.6 Å². The molecule has 1 aromatic rings. The normalized spacial score (nSPS) is 11.3. The lowest BCUT2D eigenvalue weighted by molar-refractivity contribution is -0.390. The number of pyridine rings is 1. The average Bonchev–Trinajstić information content (AvgIpc) is 2.36. The minimum atomic E-state index is -0.549. The molecule has 0 amide bonds. The molecule has 1 rings (SSSR count). The van der Waals surface area contributed by atoms with Crippen molar-refractivity contribution in [2.24, 2.45) is 5.41 Å². The van der Waals surface area contributed by atoms with E-state index in [1.54, 1.807) is 6.07 Å². The zero-order valence-electron chi connectivity index (χ0n) is 13.1. The number of aromatic nitrogens is 1. The van der Waals surface area contributed by atoms with Crippen molar-refractivity contribution in [2.75, 3.05) is 25.6 Å². The van der Waals surface area contributed by atoms with Crippen molar-refractivity contribution >= 4 is 27.4 Å². The summed E-state index contributed by atoms with van der Waals surface area (Å²) in [5.74, 6) is -0.114. The van der Waals surface area contributed by atoms with Gasteiger partial charge in [0.1, 0.15) is 5.69 Å². The molecular weight excluding hydrogens is 338 g/mol. The Morgan fingerprint density at radius 1 is 1.48 bits per heavy atom. The summed E-state index contributed by atoms with van der Waals surface area (Å²) in [4.78, 5) is 16.4. The van der Waals surface area contributed by atoms with Crippen molar-refractivity contribution in [3.63, 3.8) is 0 Å². The van der Waals surface area contributed by atoms with Crippen molar-refractivity contribution in [2.45, 2.75) is 33.6 Å². The third kappa shape index (κ3) is 5.15. The summed E-state index contributed by atoms with van der Waals surface area (Å²) in [6, 6.07) is 1.65. The van der Waals surface area contributed by atoms with Gasteiger partial charge >= 0.3 is 5.82 Å². The smallest absolute Gasteiger partial charge is 0.407 e. The van der Waals surface area contributed by atoms with Crippen LogP contribution in [0.1, 0.15) is 33.6 Å². The molecule has 0 unspecified atom stereocenters. The fourth-order valence-electron chi connectivity index (χ4n) is 1.97. The maximum atomic E-state index is 10.9. The van der Waals surface area contributed by atoms with Crippen LogP contribution in [0, 0.1) is 15.5 Å². The van der Waals surface area contributed by atoms with Crippen LogP contribution in [0.4, 0.5) is 11.5 Å². The quantitative estimate of drug-likeness (QED) is 0.435. The van der Waals surface area contributed by atoms with E-state index in [1.165, 1.54) is 7.11 Å². The van der Waals surface area contributed by atoms with E-state index >= 15 is 0 Å². The van der Waals surface area contributed by atoms with Gasteiger partial charge in [0.25, 0.3) is 0 Å². The highest BCUT2D eigenvalue weighted by molar-refractivity contribution is 9.10. The van der Waals surface area contributed by atoms with E-state index < -0.39 is 4.92 Å². The lowest BCUT2D eigenvalue weighted by Gasteiger charge is -2.23. The van der Waals surface area contributed by atoms with Gasteiger partial charge in [-0.25, -0.2) is 0 Å². The predicted molar refractivity (Wildman–Crippen MR) is 87.1 cm³/mol. The number of methoxy groups -OCH3 is 1. The summed E-state index contributed by atoms with van der Waals surface area (Å²) in [5, 5.41) is 10.9. The van der Waals surface area contributed by atoms with Gasteiger partial charge in [-0.2, -0.15) is 0 Å². The molecule has 0 fully saturated rings. The molecule has 0 N–H and O–H groups in total. The standard InChI is InChI=1S/C14H22BrN3O3/c1-14(2,3)7-6-8-17(4)10-9-11(21-5)13(18(19)20)16-12(10)15/h9H,6-8H2,1-5H3. The Labute approximate surface area is 133 Å². The van der Waals surface area contributed by atoms with Gasteiger partial charge in [-0.1, -0.05) is 20.8 Å². The Morgan fingerprint density at radius 2 is 2.10 bits per heavy atom. The van der Waals surface area contributed by atoms with Crippen LogP contribution in [0.5, 0.6) is 5.75 Å². The molecule has 0 saturated carbocycles. The Bertz CT molecular complexity index is 515. The summed E-state index contributed by atoms with van der Waals surface area (Å²) in [7, 11) is 3.34. The monoisotopic (exact) mass is 359 g/mol. The summed E-state index contributed by atoms with van der Waals surface area (Å²) in [6.07, 6.45) is 2.14. The number of rotatable bonds is 6. The minimum absolute atomic E-state index is 0.167. The van der Waals surface area contributed by atoms with Crippen molar-refractivity contribution in [3.05, 3.63) is 20.8 Å². The summed E-state index contributed by atoms with van der Waals surface area (Å²) >= 11 is 3.30.